The van der Waals surface area contributed by atoms with E-state index in [1.807, 2.05) is 0 Å². The Morgan fingerprint density at radius 2 is 1.60 bits per heavy atom. The molecule has 0 aliphatic heterocycles. The zero-order valence-corrected chi connectivity index (χ0v) is 9.99. The zero-order chi connectivity index (χ0) is 11.6. The molecule has 4 nitrogen and oxygen atoms in total. The molecule has 0 unspecified atom stereocenters. The van der Waals surface area contributed by atoms with Crippen molar-refractivity contribution in [3.63, 3.8) is 0 Å². The molecule has 0 aromatic heterocycles. The van der Waals surface area contributed by atoms with Crippen LogP contribution in [0.3, 0.4) is 0 Å². The number of hydrogen-bond acceptors (Lipinski definition) is 2. The van der Waals surface area contributed by atoms with Gasteiger partial charge in [0.05, 0.1) is 0 Å². The molecule has 1 radical (unpaired) electrons. The molecule has 0 aliphatic rings. The molecule has 0 fully saturated rings. The molecule has 0 aromatic rings. The molecule has 2 N–H and O–H groups in total. The van der Waals surface area contributed by atoms with Crippen LogP contribution in [0, 0.1) is 0 Å². The molecule has 93 valence electrons. The van der Waals surface area contributed by atoms with Gasteiger partial charge in [-0.2, -0.15) is 0 Å². The van der Waals surface area contributed by atoms with Gasteiger partial charge in [0.15, 0.2) is 0 Å². The third kappa shape index (κ3) is 24.6. The molecule has 0 amide bonds. The van der Waals surface area contributed by atoms with Crippen molar-refractivity contribution in [1.82, 2.24) is 0 Å². The van der Waals surface area contributed by atoms with Gasteiger partial charge in [-0.3, -0.25) is 4.79 Å². The summed E-state index contributed by atoms with van der Waals surface area (Å²) in [5.41, 5.74) is 0.176. The summed E-state index contributed by atoms with van der Waals surface area (Å²) in [6.07, 6.45) is 3.28. The Balaban J connectivity index is -0.000000187. The van der Waals surface area contributed by atoms with Gasteiger partial charge in [-0.05, 0) is 13.3 Å². The first-order chi connectivity index (χ1) is 6.41. The molecule has 0 saturated carbocycles. The van der Waals surface area contributed by atoms with Crippen LogP contribution in [-0.2, 0) is 26.7 Å². The number of carboxylic acids is 2. The molecular weight excluding hydrogens is 248 g/mol. The summed E-state index contributed by atoms with van der Waals surface area (Å²) in [4.78, 5) is 19.5. The van der Waals surface area contributed by atoms with Crippen molar-refractivity contribution in [2.75, 3.05) is 0 Å². The summed E-state index contributed by atoms with van der Waals surface area (Å²) < 4.78 is 0. The van der Waals surface area contributed by atoms with Gasteiger partial charge in [-0.25, -0.2) is 4.79 Å². The van der Waals surface area contributed by atoms with Crippen LogP contribution in [0.15, 0.2) is 12.2 Å². The first-order valence-electron chi connectivity index (χ1n) is 4.52. The average Bonchev–Trinajstić information content (AvgIpc) is 2.05. The molecule has 0 aliphatic carbocycles. The number of carbonyl (C=O) groups is 2. The molecule has 5 heteroatoms. The number of aliphatic carboxylic acids is 2. The Kier molecular flexibility index (Phi) is 17.4. The van der Waals surface area contributed by atoms with Crippen LogP contribution in [0.1, 0.15) is 39.5 Å². The van der Waals surface area contributed by atoms with Crippen molar-refractivity contribution in [2.45, 2.75) is 39.5 Å². The van der Waals surface area contributed by atoms with Crippen molar-refractivity contribution in [3.05, 3.63) is 12.2 Å². The SMILES string of the molecule is C=C(C)C(=O)O.CCCCCC(=O)O.[Cu]. The number of unbranched alkanes of at least 4 members (excludes halogenated alkanes) is 2. The van der Waals surface area contributed by atoms with E-state index in [0.717, 1.165) is 19.3 Å². The van der Waals surface area contributed by atoms with E-state index in [1.54, 1.807) is 0 Å². The summed E-state index contributed by atoms with van der Waals surface area (Å²) in [5, 5.41) is 16.0. The van der Waals surface area contributed by atoms with Gasteiger partial charge in [0.25, 0.3) is 0 Å². The Morgan fingerprint density at radius 1 is 1.20 bits per heavy atom. The van der Waals surface area contributed by atoms with Gasteiger partial charge in [-0.15, -0.1) is 0 Å². The molecule has 0 saturated heterocycles. The first kappa shape index (κ1) is 19.7. The topological polar surface area (TPSA) is 74.6 Å². The molecule has 0 rings (SSSR count). The average molecular weight is 266 g/mol. The second-order valence-electron chi connectivity index (χ2n) is 2.94. The predicted molar refractivity (Wildman–Crippen MR) is 54.2 cm³/mol. The molecular formula is C10H18CuO4. The van der Waals surface area contributed by atoms with Crippen LogP contribution >= 0.6 is 0 Å². The summed E-state index contributed by atoms with van der Waals surface area (Å²) in [7, 11) is 0. The van der Waals surface area contributed by atoms with Gasteiger partial charge in [0.1, 0.15) is 0 Å². The third-order valence-electron chi connectivity index (χ3n) is 1.36. The van der Waals surface area contributed by atoms with E-state index in [2.05, 4.69) is 13.5 Å². The summed E-state index contributed by atoms with van der Waals surface area (Å²) in [6.45, 7) is 6.66. The van der Waals surface area contributed by atoms with Crippen LogP contribution in [0.5, 0.6) is 0 Å². The minimum atomic E-state index is -0.935. The van der Waals surface area contributed by atoms with Gasteiger partial charge >= 0.3 is 11.9 Å². The van der Waals surface area contributed by atoms with E-state index in [4.69, 9.17) is 10.2 Å². The van der Waals surface area contributed by atoms with Gasteiger partial charge < -0.3 is 10.2 Å². The maximum absolute atomic E-state index is 9.87. The summed E-state index contributed by atoms with van der Waals surface area (Å²) in [5.74, 6) is -1.62. The van der Waals surface area contributed by atoms with E-state index in [-0.39, 0.29) is 22.6 Å². The quantitative estimate of drug-likeness (QED) is 0.454. The number of hydrogen-bond donors (Lipinski definition) is 2. The standard InChI is InChI=1S/C6H12O2.C4H6O2.Cu/c1-2-3-4-5-6(7)8;1-3(2)4(5)6;/h2-5H2,1H3,(H,7,8);1H2,2H3,(H,5,6);. The fraction of sp³-hybridized carbons (Fsp3) is 0.600. The molecule has 0 aromatic carbocycles. The second-order valence-corrected chi connectivity index (χ2v) is 2.94. The summed E-state index contributed by atoms with van der Waals surface area (Å²) >= 11 is 0. The fourth-order valence-electron chi connectivity index (χ4n) is 0.526. The van der Waals surface area contributed by atoms with Crippen LogP contribution in [0.2, 0.25) is 0 Å². The van der Waals surface area contributed by atoms with Crippen molar-refractivity contribution < 1.29 is 36.9 Å². The Labute approximate surface area is 101 Å². The smallest absolute Gasteiger partial charge is 0.330 e. The maximum Gasteiger partial charge on any atom is 0.330 e. The van der Waals surface area contributed by atoms with E-state index in [0.29, 0.717) is 6.42 Å². The number of carboxylic acid groups (broad SMARTS) is 2. The monoisotopic (exact) mass is 265 g/mol. The van der Waals surface area contributed by atoms with Gasteiger partial charge in [-0.1, -0.05) is 26.3 Å². The maximum atomic E-state index is 9.87. The van der Waals surface area contributed by atoms with Crippen molar-refractivity contribution >= 4 is 11.9 Å². The van der Waals surface area contributed by atoms with E-state index < -0.39 is 11.9 Å². The van der Waals surface area contributed by atoms with Gasteiger partial charge in [0.2, 0.25) is 0 Å². The zero-order valence-electron chi connectivity index (χ0n) is 9.05. The Morgan fingerprint density at radius 3 is 1.80 bits per heavy atom. The van der Waals surface area contributed by atoms with Crippen LogP contribution in [0.4, 0.5) is 0 Å². The molecule has 0 spiro atoms. The normalized spacial score (nSPS) is 7.87. The third-order valence-corrected chi connectivity index (χ3v) is 1.36. The first-order valence-corrected chi connectivity index (χ1v) is 4.52. The van der Waals surface area contributed by atoms with Crippen LogP contribution in [-0.4, -0.2) is 22.2 Å². The fourth-order valence-corrected chi connectivity index (χ4v) is 0.526. The minimum absolute atomic E-state index is 0. The predicted octanol–water partition coefficient (Wildman–Crippen LogP) is 2.30. The van der Waals surface area contributed by atoms with E-state index >= 15 is 0 Å². The van der Waals surface area contributed by atoms with Gasteiger partial charge in [0, 0.05) is 29.1 Å². The van der Waals surface area contributed by atoms with Crippen molar-refractivity contribution in [2.24, 2.45) is 0 Å². The van der Waals surface area contributed by atoms with Crippen LogP contribution < -0.4 is 0 Å². The van der Waals surface area contributed by atoms with Crippen molar-refractivity contribution in [3.8, 4) is 0 Å². The van der Waals surface area contributed by atoms with Crippen molar-refractivity contribution in [1.29, 1.82) is 0 Å². The largest absolute Gasteiger partial charge is 0.481 e. The molecule has 0 bridgehead atoms. The van der Waals surface area contributed by atoms with Crippen LogP contribution in [0.25, 0.3) is 0 Å². The Bertz CT molecular complexity index is 190. The minimum Gasteiger partial charge on any atom is -0.481 e. The number of rotatable bonds is 5. The molecule has 0 atom stereocenters. The van der Waals surface area contributed by atoms with E-state index in [9.17, 15) is 9.59 Å². The Hall–Kier alpha value is -0.801. The van der Waals surface area contributed by atoms with E-state index in [1.165, 1.54) is 6.92 Å². The summed E-state index contributed by atoms with van der Waals surface area (Å²) in [6, 6.07) is 0. The second kappa shape index (κ2) is 13.2. The molecule has 0 heterocycles. The molecule has 15 heavy (non-hydrogen) atoms.